The largest absolute Gasteiger partial charge is 0.872 e. The van der Waals surface area contributed by atoms with Crippen molar-refractivity contribution < 1.29 is 67.0 Å². The maximum atomic E-state index is 13.5. The van der Waals surface area contributed by atoms with Gasteiger partial charge in [-0.15, -0.1) is 0 Å². The summed E-state index contributed by atoms with van der Waals surface area (Å²) in [6, 6.07) is -1.05. The maximum absolute atomic E-state index is 13.5. The second-order valence-corrected chi connectivity index (χ2v) is 5.79. The lowest BCUT2D eigenvalue weighted by molar-refractivity contribution is -0.323. The Kier molecular flexibility index (Phi) is 6.46. The first kappa shape index (κ1) is 25.8. The lowest BCUT2D eigenvalue weighted by Crippen LogP contribution is -2.58. The van der Waals surface area contributed by atoms with Crippen LogP contribution in [0.5, 0.6) is 0 Å². The van der Waals surface area contributed by atoms with E-state index in [1.165, 1.54) is 0 Å². The number of hydrogen-bond donors (Lipinski definition) is 0. The van der Waals surface area contributed by atoms with E-state index in [0.29, 0.717) is 0 Å². The first-order chi connectivity index (χ1) is 13.0. The van der Waals surface area contributed by atoms with E-state index >= 15 is 0 Å². The molecule has 0 spiro atoms. The summed E-state index contributed by atoms with van der Waals surface area (Å²) in [7, 11) is 0. The van der Waals surface area contributed by atoms with Crippen molar-refractivity contribution in [2.24, 2.45) is 0 Å². The lowest BCUT2D eigenvalue weighted by atomic mass is 9.96. The molecule has 0 aliphatic carbocycles. The second kappa shape index (κ2) is 7.50. The van der Waals surface area contributed by atoms with Crippen molar-refractivity contribution in [3.05, 3.63) is 39.9 Å². The summed E-state index contributed by atoms with van der Waals surface area (Å²) in [5.74, 6) is -6.19. The van der Waals surface area contributed by atoms with Gasteiger partial charge in [-0.25, -0.2) is 4.39 Å². The number of ketones is 1. The molecule has 0 fully saturated rings. The molecule has 0 aliphatic heterocycles. The number of rotatable bonds is 3. The molecule has 0 aliphatic rings. The Labute approximate surface area is 161 Å². The highest BCUT2D eigenvalue weighted by molar-refractivity contribution is 6.33. The molecule has 30 heavy (non-hydrogen) atoms. The molecule has 0 radical (unpaired) electrons. The Bertz CT molecular complexity index is 845. The minimum Gasteiger partial charge on any atom is -0.872 e. The third-order valence-corrected chi connectivity index (χ3v) is 3.76. The van der Waals surface area contributed by atoms with Crippen LogP contribution in [0.4, 0.5) is 57.1 Å². The summed E-state index contributed by atoms with van der Waals surface area (Å²) >= 11 is 5.11. The van der Waals surface area contributed by atoms with E-state index in [9.17, 15) is 67.0 Å². The van der Waals surface area contributed by atoms with Gasteiger partial charge in [0.05, 0.1) is 16.1 Å². The first-order valence-electron chi connectivity index (χ1n) is 6.79. The molecule has 1 aromatic rings. The second-order valence-electron chi connectivity index (χ2n) is 5.41. The van der Waals surface area contributed by atoms with Gasteiger partial charge in [-0.05, 0) is 23.8 Å². The number of hydrogen-bond acceptors (Lipinski definition) is 2. The third-order valence-electron chi connectivity index (χ3n) is 3.35. The molecule has 16 heteroatoms. The Morgan fingerprint density at radius 3 is 1.57 bits per heavy atom. The molecule has 0 heterocycles. The van der Waals surface area contributed by atoms with Crippen LogP contribution in [0.2, 0.25) is 5.02 Å². The van der Waals surface area contributed by atoms with E-state index in [0.717, 1.165) is 0 Å². The fourth-order valence-electron chi connectivity index (χ4n) is 1.91. The van der Waals surface area contributed by atoms with Crippen molar-refractivity contribution in [2.45, 2.75) is 30.4 Å². The molecule has 0 atom stereocenters. The number of carbonyl (C=O) groups excluding carboxylic acids is 1. The van der Waals surface area contributed by atoms with Crippen LogP contribution >= 0.6 is 11.6 Å². The van der Waals surface area contributed by atoms with Crippen molar-refractivity contribution in [1.29, 1.82) is 0 Å². The number of carbonyl (C=O) groups is 1. The standard InChI is InChI=1S/C14H4ClF13O2/c15-9-5(1-4(11(17,18)19)2-6(9)12(20,21)22)7(29)3-8(30)10(16,13(23,24)25)14(26,27)28/h1-3,29H/p-1/b7-3-. The van der Waals surface area contributed by atoms with Gasteiger partial charge in [-0.2, -0.15) is 52.7 Å². The van der Waals surface area contributed by atoms with Crippen molar-refractivity contribution in [2.75, 3.05) is 0 Å². The van der Waals surface area contributed by atoms with Crippen LogP contribution < -0.4 is 5.11 Å². The molecular weight excluding hydrogens is 483 g/mol. The number of allylic oxidation sites excluding steroid dienone is 1. The smallest absolute Gasteiger partial charge is 0.439 e. The predicted molar refractivity (Wildman–Crippen MR) is 70.4 cm³/mol. The van der Waals surface area contributed by atoms with Gasteiger partial charge in [0.1, 0.15) is 0 Å². The Balaban J connectivity index is 3.76. The van der Waals surface area contributed by atoms with E-state index < -0.39 is 81.8 Å². The monoisotopic (exact) mass is 485 g/mol. The average molecular weight is 486 g/mol. The minimum atomic E-state index is -6.96. The summed E-state index contributed by atoms with van der Waals surface area (Å²) < 4.78 is 165. The normalized spacial score (nSPS) is 14.8. The van der Waals surface area contributed by atoms with Crippen LogP contribution in [0.25, 0.3) is 5.76 Å². The van der Waals surface area contributed by atoms with Gasteiger partial charge in [0.15, 0.2) is 0 Å². The zero-order chi connectivity index (χ0) is 24.1. The fraction of sp³-hybridized carbons (Fsp3) is 0.357. The zero-order valence-corrected chi connectivity index (χ0v) is 14.1. The Morgan fingerprint density at radius 1 is 0.800 bits per heavy atom. The van der Waals surface area contributed by atoms with E-state index in [2.05, 4.69) is 0 Å². The molecule has 0 saturated carbocycles. The highest BCUT2D eigenvalue weighted by Gasteiger charge is 2.76. The average Bonchev–Trinajstić information content (AvgIpc) is 2.49. The van der Waals surface area contributed by atoms with Crippen molar-refractivity contribution in [3.8, 4) is 0 Å². The quantitative estimate of drug-likeness (QED) is 0.323. The van der Waals surface area contributed by atoms with Gasteiger partial charge in [0.2, 0.25) is 5.78 Å². The van der Waals surface area contributed by atoms with Crippen LogP contribution in [-0.4, -0.2) is 23.8 Å². The molecule has 0 N–H and O–H groups in total. The maximum Gasteiger partial charge on any atom is 0.439 e. The van der Waals surface area contributed by atoms with Crippen LogP contribution in [0.3, 0.4) is 0 Å². The van der Waals surface area contributed by atoms with Gasteiger partial charge in [0.25, 0.3) is 0 Å². The number of halogens is 14. The Hall–Kier alpha value is -2.19. The zero-order valence-electron chi connectivity index (χ0n) is 13.3. The van der Waals surface area contributed by atoms with Gasteiger partial charge in [0, 0.05) is 0 Å². The highest BCUT2D eigenvalue weighted by atomic mass is 35.5. The van der Waals surface area contributed by atoms with Crippen molar-refractivity contribution >= 4 is 23.1 Å². The van der Waals surface area contributed by atoms with Crippen molar-refractivity contribution in [3.63, 3.8) is 0 Å². The molecule has 0 aromatic heterocycles. The molecule has 0 saturated heterocycles. The van der Waals surface area contributed by atoms with Crippen LogP contribution in [0, 0.1) is 0 Å². The van der Waals surface area contributed by atoms with E-state index in [1.54, 1.807) is 0 Å². The molecule has 0 amide bonds. The molecule has 0 bridgehead atoms. The predicted octanol–water partition coefficient (Wildman–Crippen LogP) is 5.48. The third kappa shape index (κ3) is 4.75. The molecule has 170 valence electrons. The summed E-state index contributed by atoms with van der Waals surface area (Å²) in [5.41, 5.74) is -13.1. The Morgan fingerprint density at radius 2 is 1.23 bits per heavy atom. The summed E-state index contributed by atoms with van der Waals surface area (Å²) in [5, 5.41) is 9.87. The van der Waals surface area contributed by atoms with Crippen LogP contribution in [-0.2, 0) is 17.1 Å². The molecular formula is C14H3ClF13O2-. The van der Waals surface area contributed by atoms with Crippen LogP contribution in [0.1, 0.15) is 16.7 Å². The van der Waals surface area contributed by atoms with Gasteiger partial charge >= 0.3 is 30.4 Å². The molecule has 0 unspecified atom stereocenters. The lowest BCUT2D eigenvalue weighted by Gasteiger charge is -2.28. The number of benzene rings is 1. The van der Waals surface area contributed by atoms with Gasteiger partial charge < -0.3 is 5.11 Å². The minimum absolute atomic E-state index is 0.454. The van der Waals surface area contributed by atoms with Crippen LogP contribution in [0.15, 0.2) is 18.2 Å². The van der Waals surface area contributed by atoms with Gasteiger partial charge in [-0.3, -0.25) is 4.79 Å². The molecule has 1 aromatic carbocycles. The van der Waals surface area contributed by atoms with Gasteiger partial charge in [-0.1, -0.05) is 17.4 Å². The fourth-order valence-corrected chi connectivity index (χ4v) is 2.22. The van der Waals surface area contributed by atoms with E-state index in [1.807, 2.05) is 0 Å². The first-order valence-corrected chi connectivity index (χ1v) is 7.16. The SMILES string of the molecule is O=C(/C=C(\[O-])c1cc(C(F)(F)F)cc(C(F)(F)F)c1Cl)C(F)(C(F)(F)F)C(F)(F)F. The summed E-state index contributed by atoms with van der Waals surface area (Å²) in [6.07, 6.45) is -26.4. The van der Waals surface area contributed by atoms with E-state index in [-0.39, 0.29) is 0 Å². The number of alkyl halides is 13. The summed E-state index contributed by atoms with van der Waals surface area (Å²) in [4.78, 5) is 11.2. The van der Waals surface area contributed by atoms with E-state index in [4.69, 9.17) is 11.6 Å². The summed E-state index contributed by atoms with van der Waals surface area (Å²) in [6.45, 7) is 0. The highest BCUT2D eigenvalue weighted by Crippen LogP contribution is 2.48. The molecule has 1 rings (SSSR count). The molecule has 2 nitrogen and oxygen atoms in total. The van der Waals surface area contributed by atoms with Crippen molar-refractivity contribution in [1.82, 2.24) is 0 Å². The topological polar surface area (TPSA) is 40.1 Å².